The molecule has 2 nitrogen and oxygen atoms in total. The van der Waals surface area contributed by atoms with E-state index in [1.54, 1.807) is 0 Å². The first-order valence-corrected chi connectivity index (χ1v) is 7.85. The summed E-state index contributed by atoms with van der Waals surface area (Å²) < 4.78 is 0. The van der Waals surface area contributed by atoms with Crippen LogP contribution in [0.5, 0.6) is 0 Å². The first-order chi connectivity index (χ1) is 9.33. The number of hydrogen-bond acceptors (Lipinski definition) is 2. The monoisotopic (exact) mass is 259 g/mol. The summed E-state index contributed by atoms with van der Waals surface area (Å²) in [5.74, 6) is 0. The minimum atomic E-state index is -0.0560. The lowest BCUT2D eigenvalue weighted by Gasteiger charge is -2.31. The SMILES string of the molecule is OC1CCC(NC2CCCCc3ccccc32)CC1. The van der Waals surface area contributed by atoms with Gasteiger partial charge in [0.05, 0.1) is 6.10 Å². The summed E-state index contributed by atoms with van der Waals surface area (Å²) in [4.78, 5) is 0. The maximum atomic E-state index is 9.61. The zero-order chi connectivity index (χ0) is 13.1. The van der Waals surface area contributed by atoms with Crippen molar-refractivity contribution >= 4 is 0 Å². The van der Waals surface area contributed by atoms with E-state index in [1.165, 1.54) is 36.8 Å². The summed E-state index contributed by atoms with van der Waals surface area (Å²) in [7, 11) is 0. The van der Waals surface area contributed by atoms with Crippen molar-refractivity contribution in [2.24, 2.45) is 0 Å². The molecule has 19 heavy (non-hydrogen) atoms. The molecule has 2 aliphatic rings. The lowest BCUT2D eigenvalue weighted by molar-refractivity contribution is 0.113. The second-order valence-electron chi connectivity index (χ2n) is 6.17. The highest BCUT2D eigenvalue weighted by molar-refractivity contribution is 5.31. The van der Waals surface area contributed by atoms with E-state index in [1.807, 2.05) is 0 Å². The minimum Gasteiger partial charge on any atom is -0.393 e. The summed E-state index contributed by atoms with van der Waals surface area (Å²) in [6.45, 7) is 0. The Hall–Kier alpha value is -0.860. The normalized spacial score (nSPS) is 31.5. The Morgan fingerprint density at radius 2 is 1.74 bits per heavy atom. The molecule has 1 fully saturated rings. The average molecular weight is 259 g/mol. The molecular formula is C17H25NO. The van der Waals surface area contributed by atoms with Gasteiger partial charge in [0.25, 0.3) is 0 Å². The Bertz CT molecular complexity index is 409. The van der Waals surface area contributed by atoms with Crippen LogP contribution in [-0.4, -0.2) is 17.3 Å². The highest BCUT2D eigenvalue weighted by Crippen LogP contribution is 2.30. The molecule has 2 N–H and O–H groups in total. The van der Waals surface area contributed by atoms with E-state index in [-0.39, 0.29) is 6.10 Å². The molecule has 1 unspecified atom stereocenters. The van der Waals surface area contributed by atoms with E-state index in [2.05, 4.69) is 29.6 Å². The number of aliphatic hydroxyl groups is 1. The van der Waals surface area contributed by atoms with Crippen LogP contribution >= 0.6 is 0 Å². The number of fused-ring (bicyclic) bond motifs is 1. The van der Waals surface area contributed by atoms with Gasteiger partial charge in [-0.2, -0.15) is 0 Å². The van der Waals surface area contributed by atoms with Gasteiger partial charge in [-0.3, -0.25) is 0 Å². The molecule has 0 spiro atoms. The van der Waals surface area contributed by atoms with Crippen molar-refractivity contribution in [3.05, 3.63) is 35.4 Å². The van der Waals surface area contributed by atoms with Gasteiger partial charge in [-0.1, -0.05) is 30.7 Å². The molecule has 1 atom stereocenters. The first-order valence-electron chi connectivity index (χ1n) is 7.85. The van der Waals surface area contributed by atoms with Crippen molar-refractivity contribution < 1.29 is 5.11 Å². The Balaban J connectivity index is 1.70. The maximum Gasteiger partial charge on any atom is 0.0541 e. The van der Waals surface area contributed by atoms with Crippen molar-refractivity contribution in [3.63, 3.8) is 0 Å². The van der Waals surface area contributed by atoms with E-state index in [0.717, 1.165) is 25.7 Å². The Morgan fingerprint density at radius 3 is 2.58 bits per heavy atom. The smallest absolute Gasteiger partial charge is 0.0541 e. The fourth-order valence-corrected chi connectivity index (χ4v) is 3.62. The standard InChI is InChI=1S/C17H25NO/c19-15-11-9-14(10-12-15)18-17-8-4-2-6-13-5-1-3-7-16(13)17/h1,3,5,7,14-15,17-19H,2,4,6,8-12H2. The van der Waals surface area contributed by atoms with Gasteiger partial charge in [-0.15, -0.1) is 0 Å². The second-order valence-corrected chi connectivity index (χ2v) is 6.17. The first kappa shape index (κ1) is 13.1. The largest absolute Gasteiger partial charge is 0.393 e. The molecule has 2 aliphatic carbocycles. The van der Waals surface area contributed by atoms with Gasteiger partial charge in [0.15, 0.2) is 0 Å². The van der Waals surface area contributed by atoms with E-state index in [0.29, 0.717) is 12.1 Å². The fraction of sp³-hybridized carbons (Fsp3) is 0.647. The molecule has 0 aromatic heterocycles. The highest BCUT2D eigenvalue weighted by Gasteiger charge is 2.24. The summed E-state index contributed by atoms with van der Waals surface area (Å²) in [6.07, 6.45) is 9.26. The fourth-order valence-electron chi connectivity index (χ4n) is 3.62. The summed E-state index contributed by atoms with van der Waals surface area (Å²) >= 11 is 0. The molecular weight excluding hydrogens is 234 g/mol. The van der Waals surface area contributed by atoms with Crippen LogP contribution in [0.3, 0.4) is 0 Å². The van der Waals surface area contributed by atoms with E-state index in [4.69, 9.17) is 0 Å². The van der Waals surface area contributed by atoms with Crippen molar-refractivity contribution in [1.29, 1.82) is 0 Å². The molecule has 1 aromatic carbocycles. The van der Waals surface area contributed by atoms with Crippen LogP contribution in [0.25, 0.3) is 0 Å². The zero-order valence-corrected chi connectivity index (χ0v) is 11.6. The lowest BCUT2D eigenvalue weighted by atomic mass is 9.91. The van der Waals surface area contributed by atoms with Gasteiger partial charge in [0.2, 0.25) is 0 Å². The molecule has 0 amide bonds. The number of nitrogens with one attached hydrogen (secondary N) is 1. The summed E-state index contributed by atoms with van der Waals surface area (Å²) in [6, 6.07) is 10.1. The van der Waals surface area contributed by atoms with Crippen LogP contribution in [-0.2, 0) is 6.42 Å². The van der Waals surface area contributed by atoms with Gasteiger partial charge in [-0.05, 0) is 56.1 Å². The maximum absolute atomic E-state index is 9.61. The molecule has 104 valence electrons. The van der Waals surface area contributed by atoms with E-state index >= 15 is 0 Å². The third-order valence-corrected chi connectivity index (χ3v) is 4.75. The molecule has 0 heterocycles. The van der Waals surface area contributed by atoms with Crippen molar-refractivity contribution in [1.82, 2.24) is 5.32 Å². The molecule has 1 aromatic rings. The summed E-state index contributed by atoms with van der Waals surface area (Å²) in [5, 5.41) is 13.5. The van der Waals surface area contributed by atoms with Gasteiger partial charge in [0.1, 0.15) is 0 Å². The number of hydrogen-bond donors (Lipinski definition) is 2. The van der Waals surface area contributed by atoms with Gasteiger partial charge >= 0.3 is 0 Å². The van der Waals surface area contributed by atoms with E-state index in [9.17, 15) is 5.11 Å². The minimum absolute atomic E-state index is 0.0560. The molecule has 0 saturated heterocycles. The van der Waals surface area contributed by atoms with Crippen molar-refractivity contribution in [2.75, 3.05) is 0 Å². The highest BCUT2D eigenvalue weighted by atomic mass is 16.3. The third kappa shape index (κ3) is 3.18. The van der Waals surface area contributed by atoms with Crippen LogP contribution < -0.4 is 5.32 Å². The third-order valence-electron chi connectivity index (χ3n) is 4.75. The number of aliphatic hydroxyl groups excluding tert-OH is 1. The molecule has 0 aliphatic heterocycles. The molecule has 0 radical (unpaired) electrons. The van der Waals surface area contributed by atoms with Crippen LogP contribution in [0.15, 0.2) is 24.3 Å². The quantitative estimate of drug-likeness (QED) is 0.798. The predicted molar refractivity (Wildman–Crippen MR) is 78.1 cm³/mol. The molecule has 1 saturated carbocycles. The van der Waals surface area contributed by atoms with Crippen LogP contribution in [0.1, 0.15) is 62.1 Å². The zero-order valence-electron chi connectivity index (χ0n) is 11.6. The van der Waals surface area contributed by atoms with Gasteiger partial charge < -0.3 is 10.4 Å². The van der Waals surface area contributed by atoms with Gasteiger partial charge in [0, 0.05) is 12.1 Å². The Morgan fingerprint density at radius 1 is 0.947 bits per heavy atom. The topological polar surface area (TPSA) is 32.3 Å². The number of aryl methyl sites for hydroxylation is 1. The Kier molecular flexibility index (Phi) is 4.19. The molecule has 0 bridgehead atoms. The summed E-state index contributed by atoms with van der Waals surface area (Å²) in [5.41, 5.74) is 3.06. The predicted octanol–water partition coefficient (Wildman–Crippen LogP) is 3.35. The van der Waals surface area contributed by atoms with Crippen LogP contribution in [0, 0.1) is 0 Å². The molecule has 2 heteroatoms. The lowest BCUT2D eigenvalue weighted by Crippen LogP contribution is -2.37. The number of rotatable bonds is 2. The Labute approximate surface area is 116 Å². The van der Waals surface area contributed by atoms with E-state index < -0.39 is 0 Å². The second kappa shape index (κ2) is 6.06. The van der Waals surface area contributed by atoms with Crippen LogP contribution in [0.4, 0.5) is 0 Å². The van der Waals surface area contributed by atoms with Crippen LogP contribution in [0.2, 0.25) is 0 Å². The van der Waals surface area contributed by atoms with Crippen molar-refractivity contribution in [2.45, 2.75) is 69.6 Å². The number of benzene rings is 1. The van der Waals surface area contributed by atoms with Gasteiger partial charge in [-0.25, -0.2) is 0 Å². The molecule has 3 rings (SSSR count). The average Bonchev–Trinajstić information content (AvgIpc) is 2.64. The van der Waals surface area contributed by atoms with Crippen molar-refractivity contribution in [3.8, 4) is 0 Å².